The van der Waals surface area contributed by atoms with E-state index in [1.807, 2.05) is 24.3 Å². The number of hydrogen-bond donors (Lipinski definition) is 1. The summed E-state index contributed by atoms with van der Waals surface area (Å²) in [4.78, 5) is 6.89. The monoisotopic (exact) mass is 350 g/mol. The van der Waals surface area contributed by atoms with Crippen LogP contribution in [0.1, 0.15) is 19.7 Å². The van der Waals surface area contributed by atoms with Crippen molar-refractivity contribution in [3.05, 3.63) is 34.6 Å². The van der Waals surface area contributed by atoms with Crippen LogP contribution in [0.25, 0.3) is 11.4 Å². The first-order valence-corrected chi connectivity index (χ1v) is 7.97. The van der Waals surface area contributed by atoms with Gasteiger partial charge in [-0.15, -0.1) is 0 Å². The van der Waals surface area contributed by atoms with Crippen LogP contribution in [0.2, 0.25) is 0 Å². The zero-order valence-corrected chi connectivity index (χ0v) is 13.8. The van der Waals surface area contributed by atoms with Gasteiger partial charge in [-0.05, 0) is 26.0 Å². The van der Waals surface area contributed by atoms with Gasteiger partial charge in [0.15, 0.2) is 0 Å². The molecule has 3 rings (SSSR count). The third-order valence-corrected chi connectivity index (χ3v) is 4.28. The van der Waals surface area contributed by atoms with Gasteiger partial charge in [-0.3, -0.25) is 4.90 Å². The first-order valence-electron chi connectivity index (χ1n) is 7.18. The van der Waals surface area contributed by atoms with E-state index in [1.54, 1.807) is 0 Å². The second-order valence-electron chi connectivity index (χ2n) is 5.61. The van der Waals surface area contributed by atoms with E-state index in [2.05, 4.69) is 50.1 Å². The Bertz CT molecular complexity index is 615. The van der Waals surface area contributed by atoms with Gasteiger partial charge in [0.2, 0.25) is 11.7 Å². The molecule has 1 aromatic heterocycles. The van der Waals surface area contributed by atoms with Crippen molar-refractivity contribution >= 4 is 15.9 Å². The number of hydrogen-bond acceptors (Lipinski definition) is 5. The summed E-state index contributed by atoms with van der Waals surface area (Å²) in [6, 6.07) is 8.89. The molecule has 1 N–H and O–H groups in total. The number of nitrogens with zero attached hydrogens (tertiary/aromatic N) is 3. The molecule has 2 unspecified atom stereocenters. The number of rotatable bonds is 3. The van der Waals surface area contributed by atoms with Crippen molar-refractivity contribution in [3.63, 3.8) is 0 Å². The van der Waals surface area contributed by atoms with Gasteiger partial charge in [0, 0.05) is 35.2 Å². The lowest BCUT2D eigenvalue weighted by Crippen LogP contribution is -2.53. The topological polar surface area (TPSA) is 54.2 Å². The van der Waals surface area contributed by atoms with Crippen LogP contribution in [0.5, 0.6) is 0 Å². The quantitative estimate of drug-likeness (QED) is 0.922. The van der Waals surface area contributed by atoms with Crippen molar-refractivity contribution in [2.24, 2.45) is 0 Å². The Morgan fingerprint density at radius 2 is 2.29 bits per heavy atom. The first kappa shape index (κ1) is 14.7. The SMILES string of the molecule is CC1CN(Cc2nc(-c3cccc(Br)c3)no2)C(C)CN1. The maximum absolute atomic E-state index is 5.41. The van der Waals surface area contributed by atoms with E-state index in [0.717, 1.165) is 23.1 Å². The highest BCUT2D eigenvalue weighted by Crippen LogP contribution is 2.21. The van der Waals surface area contributed by atoms with Crippen LogP contribution in [0, 0.1) is 0 Å². The Kier molecular flexibility index (Phi) is 4.37. The highest BCUT2D eigenvalue weighted by Gasteiger charge is 2.24. The Morgan fingerprint density at radius 1 is 1.43 bits per heavy atom. The molecule has 0 aliphatic carbocycles. The summed E-state index contributed by atoms with van der Waals surface area (Å²) in [6.45, 7) is 7.10. The summed E-state index contributed by atoms with van der Waals surface area (Å²) in [5.41, 5.74) is 0.959. The molecule has 0 bridgehead atoms. The maximum Gasteiger partial charge on any atom is 0.241 e. The molecule has 0 amide bonds. The van der Waals surface area contributed by atoms with Gasteiger partial charge in [-0.2, -0.15) is 4.98 Å². The molecule has 5 nitrogen and oxygen atoms in total. The molecule has 112 valence electrons. The van der Waals surface area contributed by atoms with Gasteiger partial charge in [0.25, 0.3) is 0 Å². The van der Waals surface area contributed by atoms with Crippen LogP contribution in [0.15, 0.2) is 33.3 Å². The molecule has 0 saturated carbocycles. The molecule has 1 fully saturated rings. The fourth-order valence-corrected chi connectivity index (χ4v) is 2.95. The maximum atomic E-state index is 5.41. The zero-order chi connectivity index (χ0) is 14.8. The second-order valence-corrected chi connectivity index (χ2v) is 6.53. The lowest BCUT2D eigenvalue weighted by atomic mass is 10.1. The fourth-order valence-electron chi connectivity index (χ4n) is 2.56. The first-order chi connectivity index (χ1) is 10.1. The number of piperazine rings is 1. The van der Waals surface area contributed by atoms with Gasteiger partial charge in [-0.1, -0.05) is 33.2 Å². The van der Waals surface area contributed by atoms with Gasteiger partial charge >= 0.3 is 0 Å². The second kappa shape index (κ2) is 6.25. The van der Waals surface area contributed by atoms with E-state index in [0.29, 0.717) is 30.3 Å². The van der Waals surface area contributed by atoms with Gasteiger partial charge in [0.1, 0.15) is 0 Å². The third kappa shape index (κ3) is 3.51. The summed E-state index contributed by atoms with van der Waals surface area (Å²) in [5.74, 6) is 1.31. The predicted octanol–water partition coefficient (Wildman–Crippen LogP) is 2.68. The normalized spacial score (nSPS) is 23.4. The number of nitrogens with one attached hydrogen (secondary N) is 1. The summed E-state index contributed by atoms with van der Waals surface area (Å²) in [5, 5.41) is 7.56. The smallest absolute Gasteiger partial charge is 0.241 e. The van der Waals surface area contributed by atoms with Crippen molar-refractivity contribution in [1.29, 1.82) is 0 Å². The molecular formula is C15H19BrN4O. The average molecular weight is 351 g/mol. The van der Waals surface area contributed by atoms with Crippen LogP contribution in [0.3, 0.4) is 0 Å². The summed E-state index contributed by atoms with van der Waals surface area (Å²) < 4.78 is 6.42. The molecule has 6 heteroatoms. The molecule has 0 radical (unpaired) electrons. The molecular weight excluding hydrogens is 332 g/mol. The van der Waals surface area contributed by atoms with Crippen LogP contribution in [-0.4, -0.2) is 40.2 Å². The largest absolute Gasteiger partial charge is 0.338 e. The summed E-state index contributed by atoms with van der Waals surface area (Å²) in [6.07, 6.45) is 0. The Hall–Kier alpha value is -1.24. The van der Waals surface area contributed by atoms with Gasteiger partial charge in [-0.25, -0.2) is 0 Å². The molecule has 2 heterocycles. The molecule has 1 aliphatic rings. The van der Waals surface area contributed by atoms with E-state index in [-0.39, 0.29) is 0 Å². The Labute approximate surface area is 132 Å². The standard InChI is InChI=1S/C15H19BrN4O/c1-10-8-20(11(2)7-17-10)9-14-18-15(19-21-14)12-4-3-5-13(16)6-12/h3-6,10-11,17H,7-9H2,1-2H3. The fraction of sp³-hybridized carbons (Fsp3) is 0.467. The number of aromatic nitrogens is 2. The minimum atomic E-state index is 0.474. The van der Waals surface area contributed by atoms with E-state index in [1.165, 1.54) is 0 Å². The Balaban J connectivity index is 1.73. The van der Waals surface area contributed by atoms with Crippen LogP contribution >= 0.6 is 15.9 Å². The van der Waals surface area contributed by atoms with Gasteiger partial charge < -0.3 is 9.84 Å². The highest BCUT2D eigenvalue weighted by atomic mass is 79.9. The highest BCUT2D eigenvalue weighted by molar-refractivity contribution is 9.10. The molecule has 1 aliphatic heterocycles. The Morgan fingerprint density at radius 3 is 3.10 bits per heavy atom. The van der Waals surface area contributed by atoms with E-state index < -0.39 is 0 Å². The predicted molar refractivity (Wildman–Crippen MR) is 84.8 cm³/mol. The van der Waals surface area contributed by atoms with E-state index >= 15 is 0 Å². The minimum Gasteiger partial charge on any atom is -0.338 e. The number of halogens is 1. The molecule has 2 atom stereocenters. The molecule has 1 saturated heterocycles. The average Bonchev–Trinajstić information content (AvgIpc) is 2.91. The van der Waals surface area contributed by atoms with Crippen LogP contribution in [0.4, 0.5) is 0 Å². The molecule has 2 aromatic rings. The van der Waals surface area contributed by atoms with Crippen molar-refractivity contribution in [2.75, 3.05) is 13.1 Å². The van der Waals surface area contributed by atoms with Gasteiger partial charge in [0.05, 0.1) is 6.54 Å². The van der Waals surface area contributed by atoms with Crippen molar-refractivity contribution in [2.45, 2.75) is 32.5 Å². The van der Waals surface area contributed by atoms with Crippen LogP contribution < -0.4 is 5.32 Å². The van der Waals surface area contributed by atoms with Crippen molar-refractivity contribution in [1.82, 2.24) is 20.4 Å². The van der Waals surface area contributed by atoms with E-state index in [4.69, 9.17) is 4.52 Å². The lowest BCUT2D eigenvalue weighted by molar-refractivity contribution is 0.123. The van der Waals surface area contributed by atoms with E-state index in [9.17, 15) is 0 Å². The van der Waals surface area contributed by atoms with Crippen LogP contribution in [-0.2, 0) is 6.54 Å². The third-order valence-electron chi connectivity index (χ3n) is 3.78. The number of benzene rings is 1. The van der Waals surface area contributed by atoms with Crippen molar-refractivity contribution < 1.29 is 4.52 Å². The lowest BCUT2D eigenvalue weighted by Gasteiger charge is -2.36. The zero-order valence-electron chi connectivity index (χ0n) is 12.2. The minimum absolute atomic E-state index is 0.474. The molecule has 21 heavy (non-hydrogen) atoms. The molecule has 1 aromatic carbocycles. The summed E-state index contributed by atoms with van der Waals surface area (Å²) in [7, 11) is 0. The summed E-state index contributed by atoms with van der Waals surface area (Å²) >= 11 is 3.46. The van der Waals surface area contributed by atoms with Crippen molar-refractivity contribution in [3.8, 4) is 11.4 Å². The molecule has 0 spiro atoms.